The van der Waals surface area contributed by atoms with Gasteiger partial charge in [-0.15, -0.1) is 11.3 Å². The fraction of sp³-hybridized carbons (Fsp3) is 0.556. The van der Waals surface area contributed by atoms with E-state index in [2.05, 4.69) is 56.5 Å². The van der Waals surface area contributed by atoms with Crippen LogP contribution in [0.5, 0.6) is 0 Å². The summed E-state index contributed by atoms with van der Waals surface area (Å²) in [7, 11) is 0. The third-order valence-electron chi connectivity index (χ3n) is 6.13. The third-order valence-corrected chi connectivity index (χ3v) is 7.12. The lowest BCUT2D eigenvalue weighted by Crippen LogP contribution is -2.49. The zero-order chi connectivity index (χ0) is 23.7. The smallest absolute Gasteiger partial charge is 0.242 e. The predicted molar refractivity (Wildman–Crippen MR) is 133 cm³/mol. The summed E-state index contributed by atoms with van der Waals surface area (Å²) in [6.45, 7) is 15.9. The number of hydrogen-bond donors (Lipinski definition) is 0. The van der Waals surface area contributed by atoms with E-state index in [1.54, 1.807) is 16.2 Å². The first-order valence-corrected chi connectivity index (χ1v) is 12.6. The van der Waals surface area contributed by atoms with Crippen molar-refractivity contribution in [2.24, 2.45) is 5.41 Å². The van der Waals surface area contributed by atoms with E-state index in [0.29, 0.717) is 13.1 Å². The van der Waals surface area contributed by atoms with Gasteiger partial charge in [0.25, 0.3) is 0 Å². The third kappa shape index (κ3) is 5.25. The summed E-state index contributed by atoms with van der Waals surface area (Å²) >= 11 is 1.77. The molecule has 1 atom stereocenters. The zero-order valence-electron chi connectivity index (χ0n) is 20.7. The van der Waals surface area contributed by atoms with E-state index in [9.17, 15) is 9.59 Å². The highest BCUT2D eigenvalue weighted by Crippen LogP contribution is 2.38. The molecule has 0 saturated carbocycles. The molecule has 0 N–H and O–H groups in total. The Labute approximate surface area is 197 Å². The molecule has 1 aromatic carbocycles. The van der Waals surface area contributed by atoms with Crippen molar-refractivity contribution in [2.75, 3.05) is 19.6 Å². The minimum absolute atomic E-state index is 0.0257. The Bertz CT molecular complexity index is 947. The second-order valence-electron chi connectivity index (χ2n) is 10.9. The first kappa shape index (κ1) is 24.5. The van der Waals surface area contributed by atoms with Crippen LogP contribution in [0.25, 0.3) is 0 Å². The minimum atomic E-state index is -0.500. The summed E-state index contributed by atoms with van der Waals surface area (Å²) in [5.74, 6) is 0.0600. The number of amides is 2. The molecule has 2 heterocycles. The molecule has 2 aromatic rings. The lowest BCUT2D eigenvalue weighted by molar-refractivity contribution is -0.146. The van der Waals surface area contributed by atoms with Crippen LogP contribution in [0.15, 0.2) is 35.7 Å². The van der Waals surface area contributed by atoms with Crippen LogP contribution in [0, 0.1) is 5.41 Å². The van der Waals surface area contributed by atoms with Gasteiger partial charge < -0.3 is 9.80 Å². The average Bonchev–Trinajstić information content (AvgIpc) is 3.19. The Hall–Kier alpha value is -2.14. The number of carbonyl (C=O) groups excluding carboxylic acids is 2. The first-order valence-electron chi connectivity index (χ1n) is 11.7. The highest BCUT2D eigenvalue weighted by Gasteiger charge is 2.35. The highest BCUT2D eigenvalue weighted by atomic mass is 32.1. The Balaban J connectivity index is 1.92. The Morgan fingerprint density at radius 2 is 1.72 bits per heavy atom. The number of rotatable bonds is 5. The van der Waals surface area contributed by atoms with Crippen LogP contribution in [-0.2, 0) is 21.4 Å². The quantitative estimate of drug-likeness (QED) is 0.572. The van der Waals surface area contributed by atoms with Gasteiger partial charge in [0.15, 0.2) is 0 Å². The van der Waals surface area contributed by atoms with Gasteiger partial charge in [-0.05, 0) is 46.4 Å². The van der Waals surface area contributed by atoms with Crippen molar-refractivity contribution in [1.29, 1.82) is 0 Å². The molecule has 5 heteroatoms. The maximum absolute atomic E-state index is 13.6. The van der Waals surface area contributed by atoms with Gasteiger partial charge in [0.05, 0.1) is 12.6 Å². The second-order valence-corrected chi connectivity index (χ2v) is 11.9. The maximum Gasteiger partial charge on any atom is 0.242 e. The molecule has 0 radical (unpaired) electrons. The number of hydrogen-bond acceptors (Lipinski definition) is 3. The molecule has 2 amide bonds. The molecule has 0 aliphatic carbocycles. The largest absolute Gasteiger partial charge is 0.333 e. The molecule has 1 aliphatic rings. The van der Waals surface area contributed by atoms with E-state index in [-0.39, 0.29) is 29.8 Å². The SMILES string of the molecule is CCCN(CC(=O)N1CCc2sccc2C1c1ccc(C(C)(C)C)cc1)C(=O)C(C)(C)C. The molecule has 1 aromatic heterocycles. The molecule has 1 aliphatic heterocycles. The summed E-state index contributed by atoms with van der Waals surface area (Å²) in [6, 6.07) is 10.8. The van der Waals surface area contributed by atoms with E-state index in [1.165, 1.54) is 16.0 Å². The number of benzene rings is 1. The van der Waals surface area contributed by atoms with Crippen LogP contribution >= 0.6 is 11.3 Å². The van der Waals surface area contributed by atoms with Crippen LogP contribution < -0.4 is 0 Å². The molecular weight excluding hydrogens is 416 g/mol. The average molecular weight is 455 g/mol. The minimum Gasteiger partial charge on any atom is -0.333 e. The van der Waals surface area contributed by atoms with Gasteiger partial charge in [-0.2, -0.15) is 0 Å². The van der Waals surface area contributed by atoms with Crippen LogP contribution in [0.3, 0.4) is 0 Å². The summed E-state index contributed by atoms with van der Waals surface area (Å²) in [6.07, 6.45) is 1.71. The molecule has 174 valence electrons. The molecule has 4 nitrogen and oxygen atoms in total. The van der Waals surface area contributed by atoms with Crippen molar-refractivity contribution >= 4 is 23.2 Å². The number of carbonyl (C=O) groups is 2. The number of fused-ring (bicyclic) bond motifs is 1. The second kappa shape index (κ2) is 9.38. The van der Waals surface area contributed by atoms with Crippen LogP contribution in [0.1, 0.15) is 82.5 Å². The van der Waals surface area contributed by atoms with Crippen LogP contribution in [0.4, 0.5) is 0 Å². The van der Waals surface area contributed by atoms with E-state index in [0.717, 1.165) is 18.4 Å². The van der Waals surface area contributed by atoms with Crippen molar-refractivity contribution in [3.8, 4) is 0 Å². The normalized spacial score (nSPS) is 16.6. The standard InChI is InChI=1S/C27H38N2O2S/c1-8-15-28(25(31)27(5,6)7)18-23(30)29-16-13-22-21(14-17-32-22)24(29)19-9-11-20(12-10-19)26(2,3)4/h9-12,14,17,24H,8,13,15-16,18H2,1-7H3. The van der Waals surface area contributed by atoms with Crippen molar-refractivity contribution in [3.63, 3.8) is 0 Å². The Morgan fingerprint density at radius 1 is 1.06 bits per heavy atom. The summed E-state index contributed by atoms with van der Waals surface area (Å²) < 4.78 is 0. The van der Waals surface area contributed by atoms with Gasteiger partial charge >= 0.3 is 0 Å². The van der Waals surface area contributed by atoms with Gasteiger partial charge in [-0.1, -0.05) is 72.7 Å². The molecule has 32 heavy (non-hydrogen) atoms. The molecule has 0 spiro atoms. The summed E-state index contributed by atoms with van der Waals surface area (Å²) in [5.41, 5.74) is 3.23. The lowest BCUT2D eigenvalue weighted by Gasteiger charge is -2.38. The lowest BCUT2D eigenvalue weighted by atomic mass is 9.85. The monoisotopic (exact) mass is 454 g/mol. The maximum atomic E-state index is 13.6. The van der Waals surface area contributed by atoms with Crippen molar-refractivity contribution in [2.45, 2.75) is 72.8 Å². The predicted octanol–water partition coefficient (Wildman–Crippen LogP) is 5.80. The Morgan fingerprint density at radius 3 is 2.28 bits per heavy atom. The number of thiophene rings is 1. The summed E-state index contributed by atoms with van der Waals surface area (Å²) in [4.78, 5) is 31.6. The van der Waals surface area contributed by atoms with Gasteiger partial charge in [0.1, 0.15) is 0 Å². The van der Waals surface area contributed by atoms with E-state index < -0.39 is 5.41 Å². The van der Waals surface area contributed by atoms with E-state index in [1.807, 2.05) is 32.6 Å². The van der Waals surface area contributed by atoms with Crippen molar-refractivity contribution in [1.82, 2.24) is 9.80 Å². The van der Waals surface area contributed by atoms with Gasteiger partial charge in [-0.3, -0.25) is 9.59 Å². The van der Waals surface area contributed by atoms with Crippen molar-refractivity contribution < 1.29 is 9.59 Å². The molecule has 0 fully saturated rings. The van der Waals surface area contributed by atoms with E-state index >= 15 is 0 Å². The molecule has 1 unspecified atom stereocenters. The fourth-order valence-electron chi connectivity index (χ4n) is 4.36. The highest BCUT2D eigenvalue weighted by molar-refractivity contribution is 7.10. The number of nitrogens with zero attached hydrogens (tertiary/aromatic N) is 2. The van der Waals surface area contributed by atoms with Gasteiger partial charge in [0.2, 0.25) is 11.8 Å². The first-order chi connectivity index (χ1) is 14.9. The zero-order valence-corrected chi connectivity index (χ0v) is 21.5. The summed E-state index contributed by atoms with van der Waals surface area (Å²) in [5, 5.41) is 2.13. The molecular formula is C27H38N2O2S. The topological polar surface area (TPSA) is 40.6 Å². The Kier molecular flexibility index (Phi) is 7.18. The molecule has 0 bridgehead atoms. The van der Waals surface area contributed by atoms with Gasteiger partial charge in [0, 0.05) is 23.4 Å². The van der Waals surface area contributed by atoms with Crippen LogP contribution in [-0.4, -0.2) is 41.2 Å². The van der Waals surface area contributed by atoms with E-state index in [4.69, 9.17) is 0 Å². The molecule has 3 rings (SSSR count). The fourth-order valence-corrected chi connectivity index (χ4v) is 5.26. The van der Waals surface area contributed by atoms with Crippen LogP contribution in [0.2, 0.25) is 0 Å². The van der Waals surface area contributed by atoms with Gasteiger partial charge in [-0.25, -0.2) is 0 Å². The molecule has 0 saturated heterocycles. The van der Waals surface area contributed by atoms with Crippen molar-refractivity contribution in [3.05, 3.63) is 57.3 Å².